The Morgan fingerprint density at radius 2 is 1.62 bits per heavy atom. The fourth-order valence-corrected chi connectivity index (χ4v) is 1.25. The van der Waals surface area contributed by atoms with E-state index in [4.69, 9.17) is 5.41 Å². The van der Waals surface area contributed by atoms with Gasteiger partial charge in [-0.3, -0.25) is 5.41 Å². The van der Waals surface area contributed by atoms with Crippen LogP contribution in [-0.4, -0.2) is 11.7 Å². The number of aliphatic carboxylic acids is 1. The van der Waals surface area contributed by atoms with Gasteiger partial charge < -0.3 is 9.90 Å². The first kappa shape index (κ1) is 16.2. The number of rotatable bonds is 2. The Kier molecular flexibility index (Phi) is 6.26. The number of benzene rings is 1. The van der Waals surface area contributed by atoms with Crippen LogP contribution in [0.5, 0.6) is 0 Å². The Bertz CT molecular complexity index is 390. The first-order valence-corrected chi connectivity index (χ1v) is 4.73. The Hall–Kier alpha value is 0.165. The molecule has 0 aromatic heterocycles. The second kappa shape index (κ2) is 6.19. The van der Waals surface area contributed by atoms with Gasteiger partial charge in [0.05, 0.1) is 11.7 Å². The van der Waals surface area contributed by atoms with Crippen LogP contribution in [0.2, 0.25) is 0 Å². The first-order chi connectivity index (χ1) is 6.82. The molecule has 0 aliphatic rings. The van der Waals surface area contributed by atoms with Gasteiger partial charge in [0, 0.05) is 5.56 Å². The molecule has 1 aromatic rings. The van der Waals surface area contributed by atoms with E-state index in [1.807, 2.05) is 12.1 Å². The maximum absolute atomic E-state index is 10.4. The fourth-order valence-electron chi connectivity index (χ4n) is 1.25. The van der Waals surface area contributed by atoms with E-state index in [0.717, 1.165) is 5.56 Å². The van der Waals surface area contributed by atoms with E-state index in [1.165, 1.54) is 0 Å². The molecule has 0 aliphatic carbocycles. The van der Waals surface area contributed by atoms with Gasteiger partial charge in [0.25, 0.3) is 0 Å². The number of carbonyl (C=O) groups excluding carboxylic acids is 1. The monoisotopic (exact) mass is 289 g/mol. The molecule has 3 nitrogen and oxygen atoms in total. The van der Waals surface area contributed by atoms with Crippen LogP contribution in [0.1, 0.15) is 31.9 Å². The van der Waals surface area contributed by atoms with E-state index >= 15 is 0 Å². The van der Waals surface area contributed by atoms with Crippen molar-refractivity contribution in [2.75, 3.05) is 0 Å². The molecule has 0 radical (unpaired) electrons. The van der Waals surface area contributed by atoms with E-state index in [9.17, 15) is 9.90 Å². The smallest absolute Gasteiger partial charge is 0.543 e. The van der Waals surface area contributed by atoms with Gasteiger partial charge in [-0.15, -0.1) is 0 Å². The van der Waals surface area contributed by atoms with Crippen molar-refractivity contribution >= 4 is 11.7 Å². The summed E-state index contributed by atoms with van der Waals surface area (Å²) in [6.07, 6.45) is 0. The maximum atomic E-state index is 10.4. The topological polar surface area (TPSA) is 64.0 Å². The molecular weight excluding hydrogens is 276 g/mol. The van der Waals surface area contributed by atoms with Crippen LogP contribution in [0.3, 0.4) is 0 Å². The zero-order chi connectivity index (χ0) is 11.6. The fraction of sp³-hybridized carbons (Fsp3) is 0.333. The van der Waals surface area contributed by atoms with Gasteiger partial charge in [-0.2, -0.15) is 0 Å². The Labute approximate surface area is 145 Å². The van der Waals surface area contributed by atoms with Crippen LogP contribution in [0, 0.1) is 5.41 Å². The molecule has 4 heteroatoms. The Morgan fingerprint density at radius 1 is 1.19 bits per heavy atom. The van der Waals surface area contributed by atoms with Crippen molar-refractivity contribution in [1.82, 2.24) is 0 Å². The Morgan fingerprint density at radius 3 is 1.94 bits per heavy atom. The van der Waals surface area contributed by atoms with E-state index in [0.29, 0.717) is 5.56 Å². The van der Waals surface area contributed by atoms with Crippen LogP contribution >= 0.6 is 0 Å². The molecule has 0 aliphatic heterocycles. The zero-order valence-electron chi connectivity index (χ0n) is 10.1. The number of carbonyl (C=O) groups is 1. The maximum Gasteiger partial charge on any atom is 1.00 e. The van der Waals surface area contributed by atoms with Crippen LogP contribution in [0.25, 0.3) is 0 Å². The van der Waals surface area contributed by atoms with E-state index in [1.54, 1.807) is 12.1 Å². The first-order valence-electron chi connectivity index (χ1n) is 4.73. The molecule has 0 heterocycles. The molecule has 80 valence electrons. The van der Waals surface area contributed by atoms with Crippen molar-refractivity contribution in [3.63, 3.8) is 0 Å². The molecule has 0 unspecified atom stereocenters. The van der Waals surface area contributed by atoms with Gasteiger partial charge in [-0.05, 0) is 11.0 Å². The summed E-state index contributed by atoms with van der Waals surface area (Å²) in [5.41, 5.74) is 1.04. The number of carboxylic acid groups (broad SMARTS) is 1. The van der Waals surface area contributed by atoms with Crippen molar-refractivity contribution in [1.29, 1.82) is 5.41 Å². The molecule has 0 spiro atoms. The largest absolute Gasteiger partial charge is 1.00 e. The van der Waals surface area contributed by atoms with Crippen molar-refractivity contribution in [3.05, 3.63) is 35.4 Å². The number of nitrogens with one attached hydrogen (secondary N) is 1. The molecule has 1 rings (SSSR count). The summed E-state index contributed by atoms with van der Waals surface area (Å²) in [5, 5.41) is 17.7. The van der Waals surface area contributed by atoms with E-state index in [-0.39, 0.29) is 63.6 Å². The average molecular weight is 290 g/mol. The minimum atomic E-state index is -1.45. The Balaban J connectivity index is 0.00000225. The van der Waals surface area contributed by atoms with E-state index in [2.05, 4.69) is 20.8 Å². The molecular formula is C12H14NO2Rb. The quantitative estimate of drug-likeness (QED) is 0.647. The molecule has 1 N–H and O–H groups in total. The molecule has 0 saturated carbocycles. The molecule has 0 amide bonds. The van der Waals surface area contributed by atoms with E-state index < -0.39 is 11.7 Å². The van der Waals surface area contributed by atoms with Crippen LogP contribution < -0.4 is 63.3 Å². The third-order valence-electron chi connectivity index (χ3n) is 2.24. The van der Waals surface area contributed by atoms with Crippen LogP contribution in [0.15, 0.2) is 24.3 Å². The average Bonchev–Trinajstić information content (AvgIpc) is 2.15. The summed E-state index contributed by atoms with van der Waals surface area (Å²) >= 11 is 0. The van der Waals surface area contributed by atoms with Gasteiger partial charge in [-0.25, -0.2) is 0 Å². The predicted octanol–water partition coefficient (Wildman–Crippen LogP) is -1.89. The summed E-state index contributed by atoms with van der Waals surface area (Å²) in [7, 11) is 0. The summed E-state index contributed by atoms with van der Waals surface area (Å²) in [6.45, 7) is 6.23. The normalized spacial score (nSPS) is 10.4. The van der Waals surface area contributed by atoms with Crippen LogP contribution in [-0.2, 0) is 10.2 Å². The van der Waals surface area contributed by atoms with Crippen molar-refractivity contribution < 1.29 is 68.1 Å². The molecule has 1 aromatic carbocycles. The van der Waals surface area contributed by atoms with Crippen molar-refractivity contribution in [3.8, 4) is 0 Å². The third-order valence-corrected chi connectivity index (χ3v) is 2.24. The van der Waals surface area contributed by atoms with Gasteiger partial charge >= 0.3 is 58.2 Å². The summed E-state index contributed by atoms with van der Waals surface area (Å²) < 4.78 is 0. The summed E-state index contributed by atoms with van der Waals surface area (Å²) in [4.78, 5) is 10.4. The predicted molar refractivity (Wildman–Crippen MR) is 57.0 cm³/mol. The SMILES string of the molecule is CC(C)(C)c1ccc(C(=N)C(=O)[O-])cc1.[Rb+]. The minimum absolute atomic E-state index is 0. The van der Waals surface area contributed by atoms with Crippen LogP contribution in [0.4, 0.5) is 0 Å². The van der Waals surface area contributed by atoms with Crippen molar-refractivity contribution in [2.45, 2.75) is 26.2 Å². The number of carboxylic acids is 1. The number of hydrogen-bond acceptors (Lipinski definition) is 3. The standard InChI is InChI=1S/C12H15NO2.Rb/c1-12(2,3)9-6-4-8(5-7-9)10(13)11(14)15;/h4-7,13H,1-3H3,(H,14,15);/q;+1/p-1. The molecule has 0 saturated heterocycles. The number of hydrogen-bond donors (Lipinski definition) is 1. The van der Waals surface area contributed by atoms with Gasteiger partial charge in [0.2, 0.25) is 0 Å². The molecule has 0 bridgehead atoms. The molecule has 0 atom stereocenters. The van der Waals surface area contributed by atoms with Crippen molar-refractivity contribution in [2.24, 2.45) is 0 Å². The van der Waals surface area contributed by atoms with Gasteiger partial charge in [0.15, 0.2) is 0 Å². The second-order valence-corrected chi connectivity index (χ2v) is 4.49. The summed E-state index contributed by atoms with van der Waals surface area (Å²) in [5.74, 6) is -1.45. The molecule has 16 heavy (non-hydrogen) atoms. The van der Waals surface area contributed by atoms with Gasteiger partial charge in [0.1, 0.15) is 0 Å². The minimum Gasteiger partial charge on any atom is -0.543 e. The summed E-state index contributed by atoms with van der Waals surface area (Å²) in [6, 6.07) is 6.96. The second-order valence-electron chi connectivity index (χ2n) is 4.49. The third kappa shape index (κ3) is 4.20. The van der Waals surface area contributed by atoms with Gasteiger partial charge in [-0.1, -0.05) is 45.0 Å². The zero-order valence-corrected chi connectivity index (χ0v) is 15.0. The molecule has 0 fully saturated rings.